The smallest absolute Gasteiger partial charge is 0.478 e. The molecule has 5 nitrogen and oxygen atoms in total. The minimum Gasteiger partial charge on any atom is -0.478 e. The summed E-state index contributed by atoms with van der Waals surface area (Å²) >= 11 is 0. The van der Waals surface area contributed by atoms with Gasteiger partial charge in [-0.25, -0.2) is 9.59 Å². The topological polar surface area (TPSA) is 72.8 Å². The van der Waals surface area contributed by atoms with E-state index in [0.717, 1.165) is 29.5 Å². The highest BCUT2D eigenvalue weighted by molar-refractivity contribution is 5.97. The van der Waals surface area contributed by atoms with Crippen LogP contribution in [0.2, 0.25) is 0 Å². The second-order valence-electron chi connectivity index (χ2n) is 8.02. The third-order valence-corrected chi connectivity index (χ3v) is 5.02. The molecule has 0 amide bonds. The first-order valence-electron chi connectivity index (χ1n) is 10.6. The van der Waals surface area contributed by atoms with Gasteiger partial charge >= 0.3 is 12.1 Å². The number of carboxylic acids is 1. The largest absolute Gasteiger partial charge is 0.513 e. The number of carbonyl (C=O) groups is 2. The van der Waals surface area contributed by atoms with E-state index in [2.05, 4.69) is 20.8 Å². The summed E-state index contributed by atoms with van der Waals surface area (Å²) in [5, 5.41) is 9.83. The minimum absolute atomic E-state index is 0.0685. The number of aryl methyl sites for hydroxylation is 1. The molecule has 2 aromatic carbocycles. The number of carboxylic acid groups (broad SMARTS) is 1. The van der Waals surface area contributed by atoms with E-state index in [0.29, 0.717) is 16.9 Å². The van der Waals surface area contributed by atoms with Crippen molar-refractivity contribution in [1.82, 2.24) is 0 Å². The maximum absolute atomic E-state index is 12.2. The quantitative estimate of drug-likeness (QED) is 0.382. The lowest BCUT2D eigenvalue weighted by molar-refractivity contribution is 0.0697. The number of benzene rings is 2. The molecular formula is C25H32O5. The van der Waals surface area contributed by atoms with Gasteiger partial charge in [0.15, 0.2) is 0 Å². The molecule has 0 radical (unpaired) electrons. The van der Waals surface area contributed by atoms with E-state index in [4.69, 9.17) is 9.47 Å². The van der Waals surface area contributed by atoms with Crippen LogP contribution in [0.4, 0.5) is 4.79 Å². The Balaban J connectivity index is 2.86. The molecule has 0 saturated heterocycles. The van der Waals surface area contributed by atoms with Crippen LogP contribution in [0.3, 0.4) is 0 Å². The molecule has 0 atom stereocenters. The van der Waals surface area contributed by atoms with Crippen LogP contribution < -0.4 is 4.74 Å². The molecule has 0 bridgehead atoms. The van der Waals surface area contributed by atoms with E-state index in [1.807, 2.05) is 38.1 Å². The molecule has 0 heterocycles. The van der Waals surface area contributed by atoms with Crippen LogP contribution in [0.25, 0.3) is 11.1 Å². The standard InChI is InChI=1S/C25H32O5/c1-7-9-17-10-11-19(24(26)27)21(12-17)22-14-18(15(3)4)13-20(16(5)6)23(22)30-25(28)29-8-2/h10-16H,7-9H2,1-6H3,(H,26,27). The molecule has 2 rings (SSSR count). The van der Waals surface area contributed by atoms with Crippen molar-refractivity contribution in [2.75, 3.05) is 6.61 Å². The van der Waals surface area contributed by atoms with Gasteiger partial charge in [-0.1, -0.05) is 59.2 Å². The zero-order chi connectivity index (χ0) is 22.4. The number of hydrogen-bond acceptors (Lipinski definition) is 4. The lowest BCUT2D eigenvalue weighted by Gasteiger charge is -2.21. The average Bonchev–Trinajstić information content (AvgIpc) is 2.67. The van der Waals surface area contributed by atoms with E-state index in [1.54, 1.807) is 13.0 Å². The van der Waals surface area contributed by atoms with Gasteiger partial charge in [-0.3, -0.25) is 0 Å². The number of rotatable bonds is 8. The highest BCUT2D eigenvalue weighted by Gasteiger charge is 2.24. The first kappa shape index (κ1) is 23.5. The van der Waals surface area contributed by atoms with Crippen molar-refractivity contribution in [2.45, 2.75) is 66.2 Å². The van der Waals surface area contributed by atoms with Crippen LogP contribution in [0.15, 0.2) is 30.3 Å². The Kier molecular flexibility index (Phi) is 8.04. The Morgan fingerprint density at radius 3 is 2.20 bits per heavy atom. The summed E-state index contributed by atoms with van der Waals surface area (Å²) in [7, 11) is 0. The summed E-state index contributed by atoms with van der Waals surface area (Å²) in [6.07, 6.45) is 0.989. The Hall–Kier alpha value is -2.82. The van der Waals surface area contributed by atoms with E-state index in [9.17, 15) is 14.7 Å². The van der Waals surface area contributed by atoms with Crippen LogP contribution in [0, 0.1) is 0 Å². The highest BCUT2D eigenvalue weighted by Crippen LogP contribution is 2.41. The summed E-state index contributed by atoms with van der Waals surface area (Å²) in [6.45, 7) is 12.2. The van der Waals surface area contributed by atoms with Crippen molar-refractivity contribution in [3.63, 3.8) is 0 Å². The summed E-state index contributed by atoms with van der Waals surface area (Å²) < 4.78 is 10.7. The predicted octanol–water partition coefficient (Wildman–Crippen LogP) is 6.79. The fraction of sp³-hybridized carbons (Fsp3) is 0.440. The highest BCUT2D eigenvalue weighted by atomic mass is 16.7. The second-order valence-corrected chi connectivity index (χ2v) is 8.02. The molecular weight excluding hydrogens is 380 g/mol. The van der Waals surface area contributed by atoms with Gasteiger partial charge in [0.2, 0.25) is 0 Å². The molecule has 2 aromatic rings. The Labute approximate surface area is 179 Å². The second kappa shape index (κ2) is 10.3. The summed E-state index contributed by atoms with van der Waals surface area (Å²) in [5.74, 6) is -0.357. The number of carbonyl (C=O) groups excluding carboxylic acids is 1. The van der Waals surface area contributed by atoms with E-state index < -0.39 is 12.1 Å². The Morgan fingerprint density at radius 2 is 1.67 bits per heavy atom. The van der Waals surface area contributed by atoms with E-state index in [1.165, 1.54) is 0 Å². The molecule has 0 unspecified atom stereocenters. The first-order valence-corrected chi connectivity index (χ1v) is 10.6. The van der Waals surface area contributed by atoms with E-state index >= 15 is 0 Å². The molecule has 5 heteroatoms. The Morgan fingerprint density at radius 1 is 0.967 bits per heavy atom. The van der Waals surface area contributed by atoms with Crippen molar-refractivity contribution in [3.05, 3.63) is 52.6 Å². The molecule has 162 valence electrons. The number of ether oxygens (including phenoxy) is 2. The molecule has 0 saturated carbocycles. The first-order chi connectivity index (χ1) is 14.2. The van der Waals surface area contributed by atoms with Gasteiger partial charge in [0.05, 0.1) is 12.2 Å². The van der Waals surface area contributed by atoms with Gasteiger partial charge in [0.1, 0.15) is 5.75 Å². The number of hydrogen-bond donors (Lipinski definition) is 1. The summed E-state index contributed by atoms with van der Waals surface area (Å²) in [4.78, 5) is 24.2. The van der Waals surface area contributed by atoms with Gasteiger partial charge < -0.3 is 14.6 Å². The molecule has 0 fully saturated rings. The van der Waals surface area contributed by atoms with Gasteiger partial charge in [0.25, 0.3) is 0 Å². The molecule has 0 aliphatic heterocycles. The molecule has 0 aliphatic rings. The Bertz CT molecular complexity index is 912. The van der Waals surface area contributed by atoms with Crippen molar-refractivity contribution in [1.29, 1.82) is 0 Å². The molecule has 0 spiro atoms. The lowest BCUT2D eigenvalue weighted by Crippen LogP contribution is -2.14. The summed E-state index contributed by atoms with van der Waals surface area (Å²) in [5.41, 5.74) is 4.29. The van der Waals surface area contributed by atoms with Crippen molar-refractivity contribution in [3.8, 4) is 16.9 Å². The van der Waals surface area contributed by atoms with Crippen LogP contribution in [-0.4, -0.2) is 23.8 Å². The van der Waals surface area contributed by atoms with Crippen LogP contribution in [-0.2, 0) is 11.2 Å². The van der Waals surface area contributed by atoms with Gasteiger partial charge in [-0.05, 0) is 54.0 Å². The third kappa shape index (κ3) is 5.41. The lowest BCUT2D eigenvalue weighted by atomic mass is 9.87. The van der Waals surface area contributed by atoms with Gasteiger partial charge in [0, 0.05) is 11.1 Å². The predicted molar refractivity (Wildman–Crippen MR) is 119 cm³/mol. The third-order valence-electron chi connectivity index (χ3n) is 5.02. The maximum atomic E-state index is 12.2. The van der Waals surface area contributed by atoms with E-state index in [-0.39, 0.29) is 24.0 Å². The van der Waals surface area contributed by atoms with Crippen LogP contribution in [0.5, 0.6) is 5.75 Å². The SMILES string of the molecule is CCCc1ccc(C(=O)O)c(-c2cc(C(C)C)cc(C(C)C)c2OC(=O)OCC)c1. The molecule has 30 heavy (non-hydrogen) atoms. The minimum atomic E-state index is -1.02. The van der Waals surface area contributed by atoms with Gasteiger partial charge in [-0.15, -0.1) is 0 Å². The van der Waals surface area contributed by atoms with Crippen molar-refractivity contribution < 1.29 is 24.2 Å². The van der Waals surface area contributed by atoms with Gasteiger partial charge in [-0.2, -0.15) is 0 Å². The normalized spacial score (nSPS) is 11.1. The van der Waals surface area contributed by atoms with Crippen molar-refractivity contribution in [2.24, 2.45) is 0 Å². The fourth-order valence-electron chi connectivity index (χ4n) is 3.43. The molecule has 0 aromatic heterocycles. The van der Waals surface area contributed by atoms with Crippen LogP contribution in [0.1, 0.15) is 86.8 Å². The molecule has 0 aliphatic carbocycles. The zero-order valence-corrected chi connectivity index (χ0v) is 18.7. The fourth-order valence-corrected chi connectivity index (χ4v) is 3.43. The monoisotopic (exact) mass is 412 g/mol. The maximum Gasteiger partial charge on any atom is 0.513 e. The summed E-state index contributed by atoms with van der Waals surface area (Å²) in [6, 6.07) is 9.34. The van der Waals surface area contributed by atoms with Crippen molar-refractivity contribution >= 4 is 12.1 Å². The average molecular weight is 413 g/mol. The van der Waals surface area contributed by atoms with Crippen LogP contribution >= 0.6 is 0 Å². The number of aromatic carboxylic acids is 1. The molecule has 1 N–H and O–H groups in total. The zero-order valence-electron chi connectivity index (χ0n) is 18.7.